The van der Waals surface area contributed by atoms with Crippen LogP contribution in [0, 0.1) is 13.8 Å². The first-order chi connectivity index (χ1) is 12.7. The molecule has 0 amide bonds. The summed E-state index contributed by atoms with van der Waals surface area (Å²) >= 11 is 1.37. The molecule has 0 N–H and O–H groups in total. The van der Waals surface area contributed by atoms with Crippen LogP contribution in [0.1, 0.15) is 17.0 Å². The first kappa shape index (κ1) is 16.5. The Morgan fingerprint density at radius 3 is 2.35 bits per heavy atom. The van der Waals surface area contributed by atoms with Crippen molar-refractivity contribution in [1.29, 1.82) is 0 Å². The third-order valence-corrected chi connectivity index (χ3v) is 4.56. The summed E-state index contributed by atoms with van der Waals surface area (Å²) in [5.74, 6) is 1.99. The first-order valence-electron chi connectivity index (χ1n) is 8.10. The van der Waals surface area contributed by atoms with E-state index >= 15 is 0 Å². The van der Waals surface area contributed by atoms with E-state index in [-0.39, 0.29) is 0 Å². The average molecular weight is 364 g/mol. The maximum Gasteiger partial charge on any atom is 0.277 e. The second kappa shape index (κ2) is 7.13. The van der Waals surface area contributed by atoms with Crippen molar-refractivity contribution in [1.82, 2.24) is 20.4 Å². The van der Waals surface area contributed by atoms with Crippen LogP contribution in [0.2, 0.25) is 0 Å². The number of hydrogen-bond acceptors (Lipinski definition) is 7. The van der Waals surface area contributed by atoms with Crippen molar-refractivity contribution in [2.45, 2.75) is 24.8 Å². The summed E-state index contributed by atoms with van der Waals surface area (Å²) < 4.78 is 11.4. The topological polar surface area (TPSA) is 77.8 Å². The molecule has 2 heterocycles. The van der Waals surface area contributed by atoms with E-state index in [1.54, 1.807) is 0 Å². The quantitative estimate of drug-likeness (QED) is 0.475. The van der Waals surface area contributed by atoms with Gasteiger partial charge in [0.25, 0.3) is 5.22 Å². The lowest BCUT2D eigenvalue weighted by Gasteiger charge is -1.96. The third kappa shape index (κ3) is 3.67. The second-order valence-corrected chi connectivity index (χ2v) is 6.82. The van der Waals surface area contributed by atoms with Gasteiger partial charge in [-0.3, -0.25) is 0 Å². The lowest BCUT2D eigenvalue weighted by molar-refractivity contribution is 0.464. The summed E-state index contributed by atoms with van der Waals surface area (Å²) in [7, 11) is 0. The highest BCUT2D eigenvalue weighted by Gasteiger charge is 2.13. The van der Waals surface area contributed by atoms with E-state index in [0.717, 1.165) is 16.7 Å². The summed E-state index contributed by atoms with van der Waals surface area (Å²) in [5, 5.41) is 16.8. The number of rotatable bonds is 5. The molecule has 0 radical (unpaired) electrons. The summed E-state index contributed by atoms with van der Waals surface area (Å²) in [6, 6.07) is 15.9. The smallest absolute Gasteiger partial charge is 0.277 e. The Balaban J connectivity index is 1.43. The molecule has 4 aromatic rings. The van der Waals surface area contributed by atoms with E-state index in [4.69, 9.17) is 8.83 Å². The van der Waals surface area contributed by atoms with Gasteiger partial charge in [-0.2, -0.15) is 0 Å². The number of nitrogens with zero attached hydrogens (tertiary/aromatic N) is 4. The van der Waals surface area contributed by atoms with Gasteiger partial charge >= 0.3 is 0 Å². The fourth-order valence-electron chi connectivity index (χ4n) is 2.41. The third-order valence-electron chi connectivity index (χ3n) is 3.76. The largest absolute Gasteiger partial charge is 0.420 e. The Morgan fingerprint density at radius 2 is 1.54 bits per heavy atom. The molecular weight excluding hydrogens is 348 g/mol. The highest BCUT2D eigenvalue weighted by molar-refractivity contribution is 7.98. The zero-order chi connectivity index (χ0) is 17.9. The molecule has 0 saturated heterocycles. The summed E-state index contributed by atoms with van der Waals surface area (Å²) in [5.41, 5.74) is 4.14. The molecule has 6 nitrogen and oxygen atoms in total. The minimum Gasteiger partial charge on any atom is -0.420 e. The van der Waals surface area contributed by atoms with E-state index in [0.29, 0.717) is 28.6 Å². The van der Waals surface area contributed by atoms with Crippen LogP contribution in [0.5, 0.6) is 0 Å². The van der Waals surface area contributed by atoms with Crippen molar-refractivity contribution < 1.29 is 8.83 Å². The van der Waals surface area contributed by atoms with Gasteiger partial charge in [-0.15, -0.1) is 20.4 Å². The van der Waals surface area contributed by atoms with E-state index in [1.807, 2.05) is 62.4 Å². The van der Waals surface area contributed by atoms with Crippen LogP contribution in [-0.2, 0) is 5.75 Å². The van der Waals surface area contributed by atoms with Crippen LogP contribution in [0.25, 0.3) is 22.9 Å². The molecule has 26 heavy (non-hydrogen) atoms. The van der Waals surface area contributed by atoms with Crippen molar-refractivity contribution in [3.8, 4) is 22.9 Å². The van der Waals surface area contributed by atoms with Gasteiger partial charge in [-0.05, 0) is 38.1 Å². The van der Waals surface area contributed by atoms with Gasteiger partial charge in [0.1, 0.15) is 0 Å². The van der Waals surface area contributed by atoms with Crippen LogP contribution >= 0.6 is 11.8 Å². The van der Waals surface area contributed by atoms with Gasteiger partial charge in [0.15, 0.2) is 0 Å². The molecule has 0 saturated carbocycles. The summed E-state index contributed by atoms with van der Waals surface area (Å²) in [4.78, 5) is 0. The number of aryl methyl sites for hydroxylation is 2. The van der Waals surface area contributed by atoms with Crippen molar-refractivity contribution in [3.05, 3.63) is 65.5 Å². The predicted octanol–water partition coefficient (Wildman–Crippen LogP) is 4.70. The highest BCUT2D eigenvalue weighted by atomic mass is 32.2. The lowest BCUT2D eigenvalue weighted by Crippen LogP contribution is -1.80. The van der Waals surface area contributed by atoms with E-state index in [1.165, 1.54) is 17.3 Å². The van der Waals surface area contributed by atoms with Crippen molar-refractivity contribution in [2.24, 2.45) is 0 Å². The number of thioether (sulfide) groups is 1. The molecule has 7 heteroatoms. The normalized spacial score (nSPS) is 11.0. The maximum absolute atomic E-state index is 5.72. The molecule has 0 fully saturated rings. The van der Waals surface area contributed by atoms with E-state index < -0.39 is 0 Å². The lowest BCUT2D eigenvalue weighted by atomic mass is 10.1. The van der Waals surface area contributed by atoms with Crippen LogP contribution < -0.4 is 0 Å². The van der Waals surface area contributed by atoms with Gasteiger partial charge in [0, 0.05) is 11.1 Å². The summed E-state index contributed by atoms with van der Waals surface area (Å²) in [6.45, 7) is 4.06. The first-order valence-corrected chi connectivity index (χ1v) is 9.09. The monoisotopic (exact) mass is 364 g/mol. The summed E-state index contributed by atoms with van der Waals surface area (Å²) in [6.07, 6.45) is 0. The highest BCUT2D eigenvalue weighted by Crippen LogP contribution is 2.27. The Labute approximate surface area is 154 Å². The molecule has 130 valence electrons. The van der Waals surface area contributed by atoms with Crippen molar-refractivity contribution in [2.75, 3.05) is 0 Å². The minimum atomic E-state index is 0.467. The Morgan fingerprint density at radius 1 is 0.769 bits per heavy atom. The number of hydrogen-bond donors (Lipinski definition) is 0. The molecule has 4 rings (SSSR count). The molecule has 0 aliphatic heterocycles. The second-order valence-electron chi connectivity index (χ2n) is 5.90. The van der Waals surface area contributed by atoms with Crippen molar-refractivity contribution in [3.63, 3.8) is 0 Å². The van der Waals surface area contributed by atoms with Gasteiger partial charge in [0.05, 0.1) is 5.75 Å². The fraction of sp³-hybridized carbons (Fsp3) is 0.158. The van der Waals surface area contributed by atoms with Gasteiger partial charge in [0.2, 0.25) is 17.7 Å². The molecule has 0 unspecified atom stereocenters. The molecular formula is C19H16N4O2S. The van der Waals surface area contributed by atoms with Gasteiger partial charge in [-0.25, -0.2) is 0 Å². The number of benzene rings is 2. The van der Waals surface area contributed by atoms with Crippen LogP contribution in [0.15, 0.2) is 62.6 Å². The van der Waals surface area contributed by atoms with E-state index in [2.05, 4.69) is 20.4 Å². The molecule has 0 aliphatic rings. The molecule has 0 aliphatic carbocycles. The SMILES string of the molecule is Cc1ccc(-c2nnc(SCc3nnc(-c4cccc(C)c4)o3)o2)cc1. The van der Waals surface area contributed by atoms with Crippen molar-refractivity contribution >= 4 is 11.8 Å². The average Bonchev–Trinajstić information content (AvgIpc) is 3.30. The van der Waals surface area contributed by atoms with Gasteiger partial charge in [-0.1, -0.05) is 47.2 Å². The minimum absolute atomic E-state index is 0.467. The molecule has 0 atom stereocenters. The van der Waals surface area contributed by atoms with E-state index in [9.17, 15) is 0 Å². The van der Waals surface area contributed by atoms with Crippen LogP contribution in [0.4, 0.5) is 0 Å². The molecule has 2 aromatic heterocycles. The van der Waals surface area contributed by atoms with Crippen LogP contribution in [0.3, 0.4) is 0 Å². The Hall–Kier alpha value is -2.93. The molecule has 0 spiro atoms. The fourth-order valence-corrected chi connectivity index (χ4v) is 3.01. The number of aromatic nitrogens is 4. The van der Waals surface area contributed by atoms with Crippen LogP contribution in [-0.4, -0.2) is 20.4 Å². The maximum atomic E-state index is 5.72. The standard InChI is InChI=1S/C19H16N4O2S/c1-12-6-8-14(9-7-12)17-22-23-19(25-17)26-11-16-20-21-18(24-16)15-5-3-4-13(2)10-15/h3-10H,11H2,1-2H3. The molecule has 2 aromatic carbocycles. The Kier molecular flexibility index (Phi) is 4.53. The Bertz CT molecular complexity index is 1020. The zero-order valence-corrected chi connectivity index (χ0v) is 15.2. The van der Waals surface area contributed by atoms with Gasteiger partial charge < -0.3 is 8.83 Å². The zero-order valence-electron chi connectivity index (χ0n) is 14.3. The predicted molar refractivity (Wildman–Crippen MR) is 98.5 cm³/mol. The molecule has 0 bridgehead atoms.